The summed E-state index contributed by atoms with van der Waals surface area (Å²) in [6.07, 6.45) is 16.2. The molecular formula is C25H46O4. The summed E-state index contributed by atoms with van der Waals surface area (Å²) in [5, 5.41) is 0. The van der Waals surface area contributed by atoms with Crippen LogP contribution in [0.15, 0.2) is 0 Å². The first-order valence-electron chi connectivity index (χ1n) is 12.5. The van der Waals surface area contributed by atoms with Gasteiger partial charge in [0.1, 0.15) is 0 Å². The first-order chi connectivity index (χ1) is 14.1. The molecule has 1 fully saturated rings. The van der Waals surface area contributed by atoms with Crippen LogP contribution in [0.1, 0.15) is 117 Å². The van der Waals surface area contributed by atoms with Crippen molar-refractivity contribution in [2.24, 2.45) is 17.8 Å². The molecule has 0 aliphatic heterocycles. The summed E-state index contributed by atoms with van der Waals surface area (Å²) in [6.45, 7) is 7.58. The van der Waals surface area contributed by atoms with Crippen LogP contribution in [-0.2, 0) is 19.1 Å². The Kier molecular flexibility index (Phi) is 15.0. The van der Waals surface area contributed by atoms with Crippen molar-refractivity contribution in [2.75, 3.05) is 13.2 Å². The summed E-state index contributed by atoms with van der Waals surface area (Å²) in [4.78, 5) is 25.4. The first-order valence-corrected chi connectivity index (χ1v) is 12.5. The Labute approximate surface area is 179 Å². The second-order valence-electron chi connectivity index (χ2n) is 8.86. The van der Waals surface area contributed by atoms with Gasteiger partial charge in [0.25, 0.3) is 0 Å². The van der Waals surface area contributed by atoms with E-state index in [1.54, 1.807) is 0 Å². The van der Waals surface area contributed by atoms with Gasteiger partial charge in [0, 0.05) is 0 Å². The number of unbranched alkanes of at least 4 members (excludes halogenated alkanes) is 6. The molecule has 1 saturated carbocycles. The highest BCUT2D eigenvalue weighted by Gasteiger charge is 2.38. The van der Waals surface area contributed by atoms with Crippen molar-refractivity contribution in [2.45, 2.75) is 117 Å². The number of rotatable bonds is 16. The lowest BCUT2D eigenvalue weighted by Gasteiger charge is -2.29. The van der Waals surface area contributed by atoms with E-state index in [-0.39, 0.29) is 23.8 Å². The molecule has 0 spiro atoms. The smallest absolute Gasteiger partial charge is 0.309 e. The molecule has 0 radical (unpaired) electrons. The molecule has 4 nitrogen and oxygen atoms in total. The lowest BCUT2D eigenvalue weighted by atomic mass is 9.79. The Balaban J connectivity index is 2.44. The number of carbonyl (C=O) groups is 2. The summed E-state index contributed by atoms with van der Waals surface area (Å²) < 4.78 is 11.3. The monoisotopic (exact) mass is 410 g/mol. The summed E-state index contributed by atoms with van der Waals surface area (Å²) in [6, 6.07) is 0. The second-order valence-corrected chi connectivity index (χ2v) is 8.86. The van der Waals surface area contributed by atoms with Crippen molar-refractivity contribution in [3.63, 3.8) is 0 Å². The van der Waals surface area contributed by atoms with Gasteiger partial charge in [0.05, 0.1) is 25.0 Å². The quantitative estimate of drug-likeness (QED) is 0.206. The molecule has 3 unspecified atom stereocenters. The van der Waals surface area contributed by atoms with E-state index in [4.69, 9.17) is 9.47 Å². The van der Waals surface area contributed by atoms with Crippen LogP contribution in [-0.4, -0.2) is 25.2 Å². The third-order valence-electron chi connectivity index (χ3n) is 6.24. The zero-order valence-corrected chi connectivity index (χ0v) is 19.4. The van der Waals surface area contributed by atoms with E-state index in [1.807, 2.05) is 0 Å². The highest BCUT2D eigenvalue weighted by molar-refractivity contribution is 5.82. The number of hydrogen-bond donors (Lipinski definition) is 0. The van der Waals surface area contributed by atoms with E-state index >= 15 is 0 Å². The Bertz CT molecular complexity index is 435. The third-order valence-corrected chi connectivity index (χ3v) is 6.24. The van der Waals surface area contributed by atoms with Gasteiger partial charge in [-0.1, -0.05) is 85.0 Å². The third kappa shape index (κ3) is 11.1. The fraction of sp³-hybridized carbons (Fsp3) is 0.920. The van der Waals surface area contributed by atoms with E-state index < -0.39 is 0 Å². The molecule has 0 saturated heterocycles. The van der Waals surface area contributed by atoms with Crippen molar-refractivity contribution < 1.29 is 19.1 Å². The van der Waals surface area contributed by atoms with E-state index in [0.29, 0.717) is 19.1 Å². The Morgan fingerprint density at radius 1 is 0.724 bits per heavy atom. The predicted molar refractivity (Wildman–Crippen MR) is 119 cm³/mol. The molecule has 29 heavy (non-hydrogen) atoms. The molecule has 0 bridgehead atoms. The van der Waals surface area contributed by atoms with E-state index in [0.717, 1.165) is 57.8 Å². The van der Waals surface area contributed by atoms with Gasteiger partial charge in [-0.25, -0.2) is 0 Å². The molecule has 1 aliphatic carbocycles. The van der Waals surface area contributed by atoms with E-state index in [2.05, 4.69) is 20.8 Å². The van der Waals surface area contributed by atoms with Crippen LogP contribution in [0.3, 0.4) is 0 Å². The minimum Gasteiger partial charge on any atom is -0.465 e. The fourth-order valence-corrected chi connectivity index (χ4v) is 4.39. The Hall–Kier alpha value is -1.06. The molecule has 0 aromatic heterocycles. The van der Waals surface area contributed by atoms with Crippen molar-refractivity contribution in [3.8, 4) is 0 Å². The Morgan fingerprint density at radius 3 is 1.93 bits per heavy atom. The maximum atomic E-state index is 12.8. The normalized spacial score (nSPS) is 20.2. The van der Waals surface area contributed by atoms with E-state index in [9.17, 15) is 9.59 Å². The van der Waals surface area contributed by atoms with Gasteiger partial charge in [-0.05, 0) is 38.0 Å². The zero-order valence-electron chi connectivity index (χ0n) is 19.4. The van der Waals surface area contributed by atoms with Crippen LogP contribution in [0.2, 0.25) is 0 Å². The first kappa shape index (κ1) is 26.0. The molecule has 0 N–H and O–H groups in total. The molecule has 4 heteroatoms. The molecule has 3 atom stereocenters. The SMILES string of the molecule is CCCCCCCOC(=O)C1CCCCC1C(=O)OCC(CCC)CCCCC. The summed E-state index contributed by atoms with van der Waals surface area (Å²) in [7, 11) is 0. The standard InChI is InChI=1S/C25H46O4/c1-4-7-9-10-14-19-28-24(26)22-17-12-13-18-23(22)25(27)29-20-21(15-6-3)16-11-8-5-2/h21-23H,4-20H2,1-3H3. The van der Waals surface area contributed by atoms with Crippen molar-refractivity contribution in [3.05, 3.63) is 0 Å². The fourth-order valence-electron chi connectivity index (χ4n) is 4.39. The maximum absolute atomic E-state index is 12.8. The average molecular weight is 411 g/mol. The predicted octanol–water partition coefficient (Wildman–Crippen LogP) is 6.85. The molecule has 0 aromatic carbocycles. The van der Waals surface area contributed by atoms with Crippen LogP contribution in [0.4, 0.5) is 0 Å². The number of ether oxygens (including phenoxy) is 2. The average Bonchev–Trinajstić information content (AvgIpc) is 2.74. The molecular weight excluding hydrogens is 364 g/mol. The summed E-state index contributed by atoms with van der Waals surface area (Å²) in [5.41, 5.74) is 0. The van der Waals surface area contributed by atoms with Crippen molar-refractivity contribution in [1.82, 2.24) is 0 Å². The van der Waals surface area contributed by atoms with Crippen LogP contribution < -0.4 is 0 Å². The minimum absolute atomic E-state index is 0.175. The van der Waals surface area contributed by atoms with Gasteiger partial charge in [-0.15, -0.1) is 0 Å². The van der Waals surface area contributed by atoms with Crippen molar-refractivity contribution in [1.29, 1.82) is 0 Å². The van der Waals surface area contributed by atoms with E-state index in [1.165, 1.54) is 38.5 Å². The van der Waals surface area contributed by atoms with Crippen LogP contribution in [0.25, 0.3) is 0 Å². The van der Waals surface area contributed by atoms with Gasteiger partial charge in [-0.3, -0.25) is 9.59 Å². The van der Waals surface area contributed by atoms with Gasteiger partial charge < -0.3 is 9.47 Å². The highest BCUT2D eigenvalue weighted by atomic mass is 16.5. The van der Waals surface area contributed by atoms with Gasteiger partial charge >= 0.3 is 11.9 Å². The van der Waals surface area contributed by atoms with Gasteiger partial charge in [-0.2, -0.15) is 0 Å². The van der Waals surface area contributed by atoms with Crippen LogP contribution >= 0.6 is 0 Å². The van der Waals surface area contributed by atoms with Crippen LogP contribution in [0, 0.1) is 17.8 Å². The van der Waals surface area contributed by atoms with Crippen molar-refractivity contribution >= 4 is 11.9 Å². The lowest BCUT2D eigenvalue weighted by molar-refractivity contribution is -0.163. The zero-order chi connectivity index (χ0) is 21.3. The Morgan fingerprint density at radius 2 is 1.31 bits per heavy atom. The summed E-state index contributed by atoms with van der Waals surface area (Å²) in [5.74, 6) is -0.528. The molecule has 0 aromatic rings. The number of hydrogen-bond acceptors (Lipinski definition) is 4. The molecule has 0 amide bonds. The number of carbonyl (C=O) groups excluding carboxylic acids is 2. The molecule has 1 rings (SSSR count). The molecule has 1 aliphatic rings. The highest BCUT2D eigenvalue weighted by Crippen LogP contribution is 2.32. The largest absolute Gasteiger partial charge is 0.465 e. The minimum atomic E-state index is -0.311. The van der Waals surface area contributed by atoms with Crippen LogP contribution in [0.5, 0.6) is 0 Å². The van der Waals surface area contributed by atoms with Gasteiger partial charge in [0.2, 0.25) is 0 Å². The van der Waals surface area contributed by atoms with Gasteiger partial charge in [0.15, 0.2) is 0 Å². The molecule has 0 heterocycles. The number of esters is 2. The topological polar surface area (TPSA) is 52.6 Å². The second kappa shape index (κ2) is 16.7. The lowest BCUT2D eigenvalue weighted by Crippen LogP contribution is -2.35. The molecule has 170 valence electrons. The summed E-state index contributed by atoms with van der Waals surface area (Å²) >= 11 is 0. The maximum Gasteiger partial charge on any atom is 0.309 e.